The number of hydrogen-bond acceptors (Lipinski definition) is 2. The van der Waals surface area contributed by atoms with E-state index in [2.05, 4.69) is 144 Å². The van der Waals surface area contributed by atoms with Crippen LogP contribution in [-0.2, 0) is 0 Å². The van der Waals surface area contributed by atoms with Crippen LogP contribution in [-0.4, -0.2) is 0 Å². The van der Waals surface area contributed by atoms with E-state index in [0.29, 0.717) is 0 Å². The smallest absolute Gasteiger partial charge is 0.0554 e. The average molecular weight is 502 g/mol. The van der Waals surface area contributed by atoms with Gasteiger partial charge in [0.25, 0.3) is 0 Å². The topological polar surface area (TPSA) is 3.24 Å². The van der Waals surface area contributed by atoms with Crippen molar-refractivity contribution in [3.63, 3.8) is 0 Å². The molecule has 178 valence electrons. The van der Waals surface area contributed by atoms with E-state index in [-0.39, 0.29) is 0 Å². The molecule has 38 heavy (non-hydrogen) atoms. The van der Waals surface area contributed by atoms with E-state index in [0.717, 1.165) is 5.69 Å². The fraction of sp³-hybridized carbons (Fsp3) is 0. The number of rotatable bonds is 3. The van der Waals surface area contributed by atoms with Crippen molar-refractivity contribution in [2.75, 3.05) is 4.90 Å². The number of thiophene rings is 1. The highest BCUT2D eigenvalue weighted by Crippen LogP contribution is 2.48. The summed E-state index contributed by atoms with van der Waals surface area (Å²) >= 11 is 1.90. The van der Waals surface area contributed by atoms with Crippen LogP contribution in [0.3, 0.4) is 0 Å². The van der Waals surface area contributed by atoms with E-state index < -0.39 is 0 Å². The minimum Gasteiger partial charge on any atom is -0.309 e. The maximum absolute atomic E-state index is 2.44. The van der Waals surface area contributed by atoms with E-state index in [4.69, 9.17) is 0 Å². The molecule has 0 fully saturated rings. The summed E-state index contributed by atoms with van der Waals surface area (Å²) in [6.45, 7) is 0. The summed E-state index contributed by atoms with van der Waals surface area (Å²) < 4.78 is 2.67. The molecule has 0 N–H and O–H groups in total. The number of nitrogens with zero attached hydrogens (tertiary/aromatic N) is 1. The van der Waals surface area contributed by atoms with Gasteiger partial charge in [0.05, 0.1) is 11.4 Å². The molecule has 1 aromatic heterocycles. The molecule has 0 aliphatic rings. The molecule has 8 aromatic rings. The van der Waals surface area contributed by atoms with Gasteiger partial charge in [0.15, 0.2) is 0 Å². The highest BCUT2D eigenvalue weighted by Gasteiger charge is 2.21. The van der Waals surface area contributed by atoms with Crippen molar-refractivity contribution in [1.82, 2.24) is 0 Å². The normalized spacial score (nSPS) is 11.7. The summed E-state index contributed by atoms with van der Waals surface area (Å²) in [6.07, 6.45) is 0. The van der Waals surface area contributed by atoms with Gasteiger partial charge in [-0.25, -0.2) is 0 Å². The quantitative estimate of drug-likeness (QED) is 0.233. The molecule has 2 heteroatoms. The fourth-order valence-electron chi connectivity index (χ4n) is 5.92. The van der Waals surface area contributed by atoms with Crippen LogP contribution in [0.5, 0.6) is 0 Å². The lowest BCUT2D eigenvalue weighted by Crippen LogP contribution is -2.11. The zero-order chi connectivity index (χ0) is 25.1. The van der Waals surface area contributed by atoms with Crippen LogP contribution in [0, 0.1) is 0 Å². The van der Waals surface area contributed by atoms with Crippen LogP contribution in [0.2, 0.25) is 0 Å². The summed E-state index contributed by atoms with van der Waals surface area (Å²) in [5.74, 6) is 0. The van der Waals surface area contributed by atoms with Gasteiger partial charge in [0.2, 0.25) is 0 Å². The molecule has 1 nitrogen and oxygen atoms in total. The van der Waals surface area contributed by atoms with E-state index in [1.165, 1.54) is 63.9 Å². The molecule has 0 bridgehead atoms. The molecular formula is C36H23NS. The Morgan fingerprint density at radius 2 is 1.05 bits per heavy atom. The van der Waals surface area contributed by atoms with Crippen LogP contribution in [0.4, 0.5) is 17.1 Å². The van der Waals surface area contributed by atoms with Gasteiger partial charge in [-0.05, 0) is 45.8 Å². The molecule has 0 unspecified atom stereocenters. The summed E-state index contributed by atoms with van der Waals surface area (Å²) in [7, 11) is 0. The van der Waals surface area contributed by atoms with Gasteiger partial charge in [0.1, 0.15) is 0 Å². The highest BCUT2D eigenvalue weighted by atomic mass is 32.1. The number of hydrogen-bond donors (Lipinski definition) is 0. The lowest BCUT2D eigenvalue weighted by molar-refractivity contribution is 1.32. The monoisotopic (exact) mass is 501 g/mol. The van der Waals surface area contributed by atoms with E-state index in [1.54, 1.807) is 0 Å². The second-order valence-corrected chi connectivity index (χ2v) is 10.8. The molecular weight excluding hydrogens is 478 g/mol. The Balaban J connectivity index is 1.52. The maximum Gasteiger partial charge on any atom is 0.0554 e. The van der Waals surface area contributed by atoms with Gasteiger partial charge in [-0.2, -0.15) is 0 Å². The minimum absolute atomic E-state index is 1.15. The molecule has 0 amide bonds. The second kappa shape index (κ2) is 8.44. The first kappa shape index (κ1) is 21.4. The largest absolute Gasteiger partial charge is 0.309 e. The Labute approximate surface area is 224 Å². The number of fused-ring (bicyclic) bond motifs is 8. The van der Waals surface area contributed by atoms with Crippen molar-refractivity contribution < 1.29 is 0 Å². The van der Waals surface area contributed by atoms with Crippen LogP contribution in [0.1, 0.15) is 0 Å². The Morgan fingerprint density at radius 3 is 1.87 bits per heavy atom. The summed E-state index contributed by atoms with van der Waals surface area (Å²) in [5, 5.41) is 10.3. The first-order chi connectivity index (χ1) is 18.9. The van der Waals surface area contributed by atoms with Gasteiger partial charge in [-0.3, -0.25) is 0 Å². The van der Waals surface area contributed by atoms with Gasteiger partial charge in [0, 0.05) is 36.6 Å². The Bertz CT molecular complexity index is 2130. The van der Waals surface area contributed by atoms with E-state index in [9.17, 15) is 0 Å². The van der Waals surface area contributed by atoms with Gasteiger partial charge in [-0.15, -0.1) is 11.3 Å². The predicted molar refractivity (Wildman–Crippen MR) is 167 cm³/mol. The predicted octanol–water partition coefficient (Wildman–Crippen LogP) is 11.0. The number of benzene rings is 7. The minimum atomic E-state index is 1.15. The van der Waals surface area contributed by atoms with Crippen molar-refractivity contribution in [2.45, 2.75) is 0 Å². The molecule has 0 saturated heterocycles. The number of anilines is 3. The molecule has 8 rings (SSSR count). The van der Waals surface area contributed by atoms with E-state index >= 15 is 0 Å². The standard InChI is InChI=1S/C36H23NS/c1-2-14-26(15-3-1)37(32-20-10-13-24-11-4-6-16-27(24)32)33-23-34-35(30-19-9-8-18-29(30)33)31-22-21-25-12-5-7-17-28(25)36(31)38-34/h1-23H. The summed E-state index contributed by atoms with van der Waals surface area (Å²) in [4.78, 5) is 2.44. The average Bonchev–Trinajstić information content (AvgIpc) is 3.37. The molecule has 0 atom stereocenters. The lowest BCUT2D eigenvalue weighted by Gasteiger charge is -2.28. The van der Waals surface area contributed by atoms with Gasteiger partial charge < -0.3 is 4.90 Å². The number of para-hydroxylation sites is 1. The van der Waals surface area contributed by atoms with E-state index in [1.807, 2.05) is 11.3 Å². The van der Waals surface area contributed by atoms with Gasteiger partial charge >= 0.3 is 0 Å². The van der Waals surface area contributed by atoms with Crippen molar-refractivity contribution >= 4 is 80.9 Å². The van der Waals surface area contributed by atoms with Crippen LogP contribution < -0.4 is 4.90 Å². The van der Waals surface area contributed by atoms with Crippen molar-refractivity contribution in [3.8, 4) is 0 Å². The first-order valence-corrected chi connectivity index (χ1v) is 13.8. The lowest BCUT2D eigenvalue weighted by atomic mass is 9.99. The molecule has 7 aromatic carbocycles. The summed E-state index contributed by atoms with van der Waals surface area (Å²) in [5.41, 5.74) is 3.54. The maximum atomic E-state index is 2.44. The molecule has 0 aliphatic heterocycles. The SMILES string of the molecule is c1ccc(N(c2cccc3ccccc23)c2cc3sc4c5ccccc5ccc4c3c3ccccc23)cc1. The highest BCUT2D eigenvalue weighted by molar-refractivity contribution is 7.27. The van der Waals surface area contributed by atoms with Crippen molar-refractivity contribution in [1.29, 1.82) is 0 Å². The third kappa shape index (κ3) is 3.17. The molecule has 0 radical (unpaired) electrons. The first-order valence-electron chi connectivity index (χ1n) is 13.0. The van der Waals surface area contributed by atoms with Gasteiger partial charge in [-0.1, -0.05) is 115 Å². The Morgan fingerprint density at radius 1 is 0.421 bits per heavy atom. The zero-order valence-corrected chi connectivity index (χ0v) is 21.5. The molecule has 0 spiro atoms. The van der Waals surface area contributed by atoms with Crippen LogP contribution in [0.25, 0.3) is 52.5 Å². The third-order valence-corrected chi connectivity index (χ3v) is 8.80. The third-order valence-electron chi connectivity index (χ3n) is 7.61. The van der Waals surface area contributed by atoms with Crippen molar-refractivity contribution in [3.05, 3.63) is 140 Å². The van der Waals surface area contributed by atoms with Crippen LogP contribution >= 0.6 is 11.3 Å². The van der Waals surface area contributed by atoms with Crippen molar-refractivity contribution in [2.24, 2.45) is 0 Å². The molecule has 0 aliphatic carbocycles. The fourth-order valence-corrected chi connectivity index (χ4v) is 7.21. The second-order valence-electron chi connectivity index (χ2n) is 9.75. The zero-order valence-electron chi connectivity index (χ0n) is 20.6. The Hall–Kier alpha value is -4.66. The molecule has 1 heterocycles. The van der Waals surface area contributed by atoms with Crippen LogP contribution in [0.15, 0.2) is 140 Å². The summed E-state index contributed by atoms with van der Waals surface area (Å²) in [6, 6.07) is 50.6. The molecule has 0 saturated carbocycles. The Kier molecular flexibility index (Phi) is 4.76.